The highest BCUT2D eigenvalue weighted by molar-refractivity contribution is 9.10. The normalized spacial score (nSPS) is 9.74. The molecule has 0 heterocycles. The van der Waals surface area contributed by atoms with Crippen LogP contribution < -0.4 is 15.2 Å². The van der Waals surface area contributed by atoms with Gasteiger partial charge >= 0.3 is 0 Å². The number of hydrogen-bond donors (Lipinski definition) is 1. The highest BCUT2D eigenvalue weighted by Gasteiger charge is 2.11. The largest absolute Gasteiger partial charge is 0.493 e. The van der Waals surface area contributed by atoms with Gasteiger partial charge in [-0.15, -0.1) is 0 Å². The zero-order valence-electron chi connectivity index (χ0n) is 10.2. The van der Waals surface area contributed by atoms with E-state index in [1.165, 1.54) is 0 Å². The second kappa shape index (κ2) is 5.63. The molecule has 0 saturated heterocycles. The van der Waals surface area contributed by atoms with E-state index in [1.54, 1.807) is 43.5 Å². The van der Waals surface area contributed by atoms with Crippen molar-refractivity contribution in [3.8, 4) is 23.3 Å². The zero-order chi connectivity index (χ0) is 13.8. The monoisotopic (exact) mass is 318 g/mol. The lowest BCUT2D eigenvalue weighted by atomic mass is 10.2. The first kappa shape index (κ1) is 13.2. The van der Waals surface area contributed by atoms with Gasteiger partial charge in [0, 0.05) is 16.2 Å². The summed E-state index contributed by atoms with van der Waals surface area (Å²) in [5.41, 5.74) is 6.71. The van der Waals surface area contributed by atoms with Gasteiger partial charge in [0.05, 0.1) is 7.11 Å². The summed E-state index contributed by atoms with van der Waals surface area (Å²) >= 11 is 3.31. The number of benzene rings is 2. The van der Waals surface area contributed by atoms with Crippen LogP contribution in [0.2, 0.25) is 0 Å². The van der Waals surface area contributed by atoms with Gasteiger partial charge in [0.25, 0.3) is 0 Å². The van der Waals surface area contributed by atoms with E-state index in [0.29, 0.717) is 33.0 Å². The molecule has 0 spiro atoms. The van der Waals surface area contributed by atoms with Crippen molar-refractivity contribution >= 4 is 21.6 Å². The molecular formula is C14H11BrN2O2. The fourth-order valence-corrected chi connectivity index (χ4v) is 2.03. The van der Waals surface area contributed by atoms with Crippen molar-refractivity contribution in [3.63, 3.8) is 0 Å². The van der Waals surface area contributed by atoms with Gasteiger partial charge in [0.2, 0.25) is 0 Å². The average molecular weight is 319 g/mol. The van der Waals surface area contributed by atoms with Crippen LogP contribution in [0, 0.1) is 11.3 Å². The Labute approximate surface area is 119 Å². The molecule has 0 aliphatic rings. The maximum Gasteiger partial charge on any atom is 0.171 e. The minimum atomic E-state index is 0.423. The smallest absolute Gasteiger partial charge is 0.171 e. The number of nitriles is 1. The van der Waals surface area contributed by atoms with Gasteiger partial charge in [-0.3, -0.25) is 0 Å². The van der Waals surface area contributed by atoms with E-state index < -0.39 is 0 Å². The Morgan fingerprint density at radius 3 is 2.63 bits per heavy atom. The number of nitrogens with zero attached hydrogens (tertiary/aromatic N) is 1. The Kier molecular flexibility index (Phi) is 3.93. The maximum absolute atomic E-state index is 9.14. The highest BCUT2D eigenvalue weighted by Crippen LogP contribution is 2.36. The first-order valence-electron chi connectivity index (χ1n) is 5.45. The highest BCUT2D eigenvalue weighted by atomic mass is 79.9. The minimum Gasteiger partial charge on any atom is -0.493 e. The Bertz CT molecular complexity index is 650. The molecule has 96 valence electrons. The molecule has 19 heavy (non-hydrogen) atoms. The number of ether oxygens (including phenoxy) is 2. The summed E-state index contributed by atoms with van der Waals surface area (Å²) in [6, 6.07) is 12.5. The number of nitrogens with two attached hydrogens (primary N) is 1. The van der Waals surface area contributed by atoms with E-state index in [0.717, 1.165) is 0 Å². The van der Waals surface area contributed by atoms with Gasteiger partial charge in [0.15, 0.2) is 11.5 Å². The number of halogens is 1. The molecule has 0 amide bonds. The average Bonchev–Trinajstić information content (AvgIpc) is 2.39. The van der Waals surface area contributed by atoms with Crippen LogP contribution in [0.25, 0.3) is 0 Å². The molecule has 0 radical (unpaired) electrons. The summed E-state index contributed by atoms with van der Waals surface area (Å²) in [7, 11) is 1.55. The Balaban J connectivity index is 2.45. The van der Waals surface area contributed by atoms with Crippen LogP contribution >= 0.6 is 15.9 Å². The SMILES string of the molecule is COc1ccc(N)cc1Oc1cccc(Br)c1C#N. The van der Waals surface area contributed by atoms with Crippen LogP contribution in [0.1, 0.15) is 5.56 Å². The van der Waals surface area contributed by atoms with Gasteiger partial charge in [-0.25, -0.2) is 0 Å². The second-order valence-electron chi connectivity index (χ2n) is 3.74. The summed E-state index contributed by atoms with van der Waals surface area (Å²) in [5.74, 6) is 1.47. The van der Waals surface area contributed by atoms with E-state index >= 15 is 0 Å². The minimum absolute atomic E-state index is 0.423. The Morgan fingerprint density at radius 1 is 1.16 bits per heavy atom. The molecule has 0 aliphatic carbocycles. The molecule has 0 aromatic heterocycles. The fraction of sp³-hybridized carbons (Fsp3) is 0.0714. The van der Waals surface area contributed by atoms with Crippen molar-refractivity contribution in [1.29, 1.82) is 5.26 Å². The molecule has 0 saturated carbocycles. The molecule has 2 rings (SSSR count). The fourth-order valence-electron chi connectivity index (χ4n) is 1.59. The molecule has 0 aliphatic heterocycles. The van der Waals surface area contributed by atoms with Gasteiger partial charge in [-0.2, -0.15) is 5.26 Å². The van der Waals surface area contributed by atoms with E-state index in [1.807, 2.05) is 0 Å². The summed E-state index contributed by atoms with van der Waals surface area (Å²) in [4.78, 5) is 0. The molecule has 0 unspecified atom stereocenters. The van der Waals surface area contributed by atoms with E-state index in [4.69, 9.17) is 20.5 Å². The van der Waals surface area contributed by atoms with E-state index in [9.17, 15) is 0 Å². The Morgan fingerprint density at radius 2 is 1.95 bits per heavy atom. The van der Waals surface area contributed by atoms with Crippen LogP contribution in [0.5, 0.6) is 17.2 Å². The van der Waals surface area contributed by atoms with Crippen LogP contribution in [0.3, 0.4) is 0 Å². The number of methoxy groups -OCH3 is 1. The van der Waals surface area contributed by atoms with Gasteiger partial charge in [-0.05, 0) is 40.2 Å². The van der Waals surface area contributed by atoms with E-state index in [-0.39, 0.29) is 0 Å². The summed E-state index contributed by atoms with van der Waals surface area (Å²) in [5, 5.41) is 9.14. The van der Waals surface area contributed by atoms with Gasteiger partial charge < -0.3 is 15.2 Å². The number of anilines is 1. The van der Waals surface area contributed by atoms with Crippen molar-refractivity contribution in [2.75, 3.05) is 12.8 Å². The number of nitrogen functional groups attached to an aromatic ring is 1. The second-order valence-corrected chi connectivity index (χ2v) is 4.59. The predicted molar refractivity (Wildman–Crippen MR) is 76.3 cm³/mol. The Hall–Kier alpha value is -2.19. The first-order chi connectivity index (χ1) is 9.15. The molecule has 2 aromatic carbocycles. The van der Waals surface area contributed by atoms with Crippen LogP contribution in [-0.4, -0.2) is 7.11 Å². The van der Waals surface area contributed by atoms with Crippen molar-refractivity contribution in [2.24, 2.45) is 0 Å². The molecule has 4 nitrogen and oxygen atoms in total. The molecule has 0 bridgehead atoms. The summed E-state index contributed by atoms with van der Waals surface area (Å²) < 4.78 is 11.6. The molecule has 0 atom stereocenters. The standard InChI is InChI=1S/C14H11BrN2O2/c1-18-13-6-5-9(17)7-14(13)19-12-4-2-3-11(15)10(12)8-16/h2-7H,17H2,1H3. The van der Waals surface area contributed by atoms with Crippen LogP contribution in [0.4, 0.5) is 5.69 Å². The third-order valence-electron chi connectivity index (χ3n) is 2.49. The van der Waals surface area contributed by atoms with Crippen molar-refractivity contribution in [1.82, 2.24) is 0 Å². The third-order valence-corrected chi connectivity index (χ3v) is 3.16. The maximum atomic E-state index is 9.14. The number of rotatable bonds is 3. The lowest BCUT2D eigenvalue weighted by Crippen LogP contribution is -1.94. The zero-order valence-corrected chi connectivity index (χ0v) is 11.8. The summed E-state index contributed by atoms with van der Waals surface area (Å²) in [6.45, 7) is 0. The van der Waals surface area contributed by atoms with Crippen molar-refractivity contribution in [2.45, 2.75) is 0 Å². The predicted octanol–water partition coefficient (Wildman–Crippen LogP) is 3.70. The van der Waals surface area contributed by atoms with Crippen molar-refractivity contribution < 1.29 is 9.47 Å². The van der Waals surface area contributed by atoms with E-state index in [2.05, 4.69) is 22.0 Å². The molecule has 5 heteroatoms. The third kappa shape index (κ3) is 2.80. The lowest BCUT2D eigenvalue weighted by molar-refractivity contribution is 0.378. The molecule has 0 fully saturated rings. The lowest BCUT2D eigenvalue weighted by Gasteiger charge is -2.12. The van der Waals surface area contributed by atoms with Gasteiger partial charge in [-0.1, -0.05) is 6.07 Å². The van der Waals surface area contributed by atoms with Crippen LogP contribution in [-0.2, 0) is 0 Å². The molecule has 2 aromatic rings. The quantitative estimate of drug-likeness (QED) is 0.876. The molecular weight excluding hydrogens is 308 g/mol. The first-order valence-corrected chi connectivity index (χ1v) is 6.25. The van der Waals surface area contributed by atoms with Crippen molar-refractivity contribution in [3.05, 3.63) is 46.4 Å². The van der Waals surface area contributed by atoms with Crippen LogP contribution in [0.15, 0.2) is 40.9 Å². The number of hydrogen-bond acceptors (Lipinski definition) is 4. The van der Waals surface area contributed by atoms with Gasteiger partial charge in [0.1, 0.15) is 17.4 Å². The topological polar surface area (TPSA) is 68.3 Å². The summed E-state index contributed by atoms with van der Waals surface area (Å²) in [6.07, 6.45) is 0. The molecule has 2 N–H and O–H groups in total.